The fourth-order valence-corrected chi connectivity index (χ4v) is 2.66. The van der Waals surface area contributed by atoms with Crippen molar-refractivity contribution >= 4 is 23.0 Å². The molecule has 1 aliphatic rings. The van der Waals surface area contributed by atoms with Crippen LogP contribution >= 0.6 is 12.2 Å². The summed E-state index contributed by atoms with van der Waals surface area (Å²) in [6.07, 6.45) is 3.41. The smallest absolute Gasteiger partial charge is 0.293 e. The molecule has 1 fully saturated rings. The number of hydrogen-bond donors (Lipinski definition) is 1. The SMILES string of the molecule is CCn1ccnc(N2CCN(C(C)(C)C(N)=S)CC2)c1=O. The molecule has 116 valence electrons. The van der Waals surface area contributed by atoms with E-state index >= 15 is 0 Å². The van der Waals surface area contributed by atoms with E-state index in [9.17, 15) is 4.79 Å². The van der Waals surface area contributed by atoms with Crippen molar-refractivity contribution in [2.75, 3.05) is 31.1 Å². The number of anilines is 1. The maximum Gasteiger partial charge on any atom is 0.293 e. The minimum Gasteiger partial charge on any atom is -0.392 e. The van der Waals surface area contributed by atoms with E-state index in [4.69, 9.17) is 18.0 Å². The van der Waals surface area contributed by atoms with E-state index in [1.807, 2.05) is 25.7 Å². The van der Waals surface area contributed by atoms with Crippen LogP contribution in [0.15, 0.2) is 17.2 Å². The molecule has 2 heterocycles. The third-order valence-electron chi connectivity index (χ3n) is 4.21. The number of nitrogens with two attached hydrogens (primary N) is 1. The van der Waals surface area contributed by atoms with Crippen LogP contribution in [-0.2, 0) is 6.54 Å². The van der Waals surface area contributed by atoms with Crippen LogP contribution in [-0.4, -0.2) is 51.2 Å². The van der Waals surface area contributed by atoms with Crippen LogP contribution < -0.4 is 16.2 Å². The summed E-state index contributed by atoms with van der Waals surface area (Å²) in [5.74, 6) is 0.534. The van der Waals surface area contributed by atoms with Gasteiger partial charge in [0.25, 0.3) is 5.56 Å². The molecule has 2 rings (SSSR count). The fourth-order valence-electron chi connectivity index (χ4n) is 2.53. The van der Waals surface area contributed by atoms with E-state index in [0.717, 1.165) is 26.2 Å². The summed E-state index contributed by atoms with van der Waals surface area (Å²) in [4.78, 5) is 21.3. The molecule has 0 unspecified atom stereocenters. The topological polar surface area (TPSA) is 67.4 Å². The maximum atomic E-state index is 12.3. The molecule has 1 aromatic rings. The summed E-state index contributed by atoms with van der Waals surface area (Å²) in [6, 6.07) is 0. The number of aromatic nitrogens is 2. The molecule has 0 atom stereocenters. The van der Waals surface area contributed by atoms with Crippen molar-refractivity contribution in [2.45, 2.75) is 32.9 Å². The Morgan fingerprint density at radius 3 is 2.52 bits per heavy atom. The average molecular weight is 309 g/mol. The zero-order valence-electron chi connectivity index (χ0n) is 12.9. The summed E-state index contributed by atoms with van der Waals surface area (Å²) in [6.45, 7) is 9.81. The molecule has 0 spiro atoms. The molecular formula is C14H23N5OS. The second-order valence-electron chi connectivity index (χ2n) is 5.74. The summed E-state index contributed by atoms with van der Waals surface area (Å²) in [5.41, 5.74) is 5.50. The molecule has 2 N–H and O–H groups in total. The third-order valence-corrected chi connectivity index (χ3v) is 4.71. The van der Waals surface area contributed by atoms with Gasteiger partial charge in [-0.15, -0.1) is 0 Å². The van der Waals surface area contributed by atoms with Gasteiger partial charge in [0, 0.05) is 45.1 Å². The molecular weight excluding hydrogens is 286 g/mol. The Labute approximate surface area is 130 Å². The first kappa shape index (κ1) is 15.9. The Hall–Kier alpha value is -1.47. The molecule has 1 saturated heterocycles. The third kappa shape index (κ3) is 3.08. The zero-order chi connectivity index (χ0) is 15.6. The van der Waals surface area contributed by atoms with Gasteiger partial charge in [-0.3, -0.25) is 9.69 Å². The van der Waals surface area contributed by atoms with Crippen molar-refractivity contribution in [3.05, 3.63) is 22.7 Å². The van der Waals surface area contributed by atoms with Crippen molar-refractivity contribution in [1.29, 1.82) is 0 Å². The Bertz CT molecular complexity index is 575. The fraction of sp³-hybridized carbons (Fsp3) is 0.643. The Morgan fingerprint density at radius 1 is 1.38 bits per heavy atom. The van der Waals surface area contributed by atoms with Gasteiger partial charge in [-0.1, -0.05) is 12.2 Å². The highest BCUT2D eigenvalue weighted by molar-refractivity contribution is 7.80. The van der Waals surface area contributed by atoms with Gasteiger partial charge in [0.2, 0.25) is 0 Å². The Morgan fingerprint density at radius 2 is 2.00 bits per heavy atom. The lowest BCUT2D eigenvalue weighted by molar-refractivity contribution is 0.168. The van der Waals surface area contributed by atoms with E-state index in [0.29, 0.717) is 17.4 Å². The van der Waals surface area contributed by atoms with Crippen LogP contribution in [0.5, 0.6) is 0 Å². The van der Waals surface area contributed by atoms with Crippen LogP contribution in [0.25, 0.3) is 0 Å². The molecule has 0 radical (unpaired) electrons. The standard InChI is InChI=1S/C14H23N5OS/c1-4-17-6-5-16-11(12(17)20)18-7-9-19(10-8-18)14(2,3)13(15)21/h5-6H,4,7-10H2,1-3H3,(H2,15,21). The number of aryl methyl sites for hydroxylation is 1. The lowest BCUT2D eigenvalue weighted by Crippen LogP contribution is -2.59. The molecule has 0 bridgehead atoms. The molecule has 7 heteroatoms. The summed E-state index contributed by atoms with van der Waals surface area (Å²) < 4.78 is 1.67. The lowest BCUT2D eigenvalue weighted by atomic mass is 10.0. The van der Waals surface area contributed by atoms with Crippen LogP contribution in [0.4, 0.5) is 5.82 Å². The van der Waals surface area contributed by atoms with Crippen LogP contribution in [0, 0.1) is 0 Å². The summed E-state index contributed by atoms with van der Waals surface area (Å²) >= 11 is 5.15. The molecule has 1 aromatic heterocycles. The van der Waals surface area contributed by atoms with Crippen LogP contribution in [0.1, 0.15) is 20.8 Å². The van der Waals surface area contributed by atoms with Gasteiger partial charge in [-0.05, 0) is 20.8 Å². The minimum atomic E-state index is -0.296. The second-order valence-corrected chi connectivity index (χ2v) is 6.18. The van der Waals surface area contributed by atoms with Gasteiger partial charge in [0.15, 0.2) is 5.82 Å². The molecule has 21 heavy (non-hydrogen) atoms. The normalized spacial score (nSPS) is 17.0. The number of thiocarbonyl (C=S) groups is 1. The van der Waals surface area contributed by atoms with Gasteiger partial charge in [-0.2, -0.15) is 0 Å². The predicted molar refractivity (Wildman–Crippen MR) is 88.8 cm³/mol. The van der Waals surface area contributed by atoms with Gasteiger partial charge >= 0.3 is 0 Å². The highest BCUT2D eigenvalue weighted by Crippen LogP contribution is 2.18. The van der Waals surface area contributed by atoms with Crippen LogP contribution in [0.3, 0.4) is 0 Å². The average Bonchev–Trinajstić information content (AvgIpc) is 2.47. The molecule has 0 aliphatic carbocycles. The van der Waals surface area contributed by atoms with E-state index in [-0.39, 0.29) is 11.1 Å². The summed E-state index contributed by atoms with van der Waals surface area (Å²) in [7, 11) is 0. The first-order valence-corrected chi connectivity index (χ1v) is 7.64. The molecule has 0 aromatic carbocycles. The lowest BCUT2D eigenvalue weighted by Gasteiger charge is -2.43. The van der Waals surface area contributed by atoms with E-state index in [1.165, 1.54) is 0 Å². The van der Waals surface area contributed by atoms with Crippen molar-refractivity contribution in [3.63, 3.8) is 0 Å². The quantitative estimate of drug-likeness (QED) is 0.815. The molecule has 6 nitrogen and oxygen atoms in total. The van der Waals surface area contributed by atoms with Gasteiger partial charge in [0.05, 0.1) is 10.5 Å². The highest BCUT2D eigenvalue weighted by atomic mass is 32.1. The maximum absolute atomic E-state index is 12.3. The van der Waals surface area contributed by atoms with Gasteiger partial charge in [-0.25, -0.2) is 4.98 Å². The first-order valence-electron chi connectivity index (χ1n) is 7.23. The number of hydrogen-bond acceptors (Lipinski definition) is 5. The van der Waals surface area contributed by atoms with E-state index in [2.05, 4.69) is 9.88 Å². The highest BCUT2D eigenvalue weighted by Gasteiger charge is 2.33. The minimum absolute atomic E-state index is 0.0259. The Balaban J connectivity index is 2.12. The van der Waals surface area contributed by atoms with Gasteiger partial charge in [0.1, 0.15) is 0 Å². The van der Waals surface area contributed by atoms with Crippen molar-refractivity contribution in [1.82, 2.24) is 14.5 Å². The second kappa shape index (κ2) is 6.11. The van der Waals surface area contributed by atoms with Gasteiger partial charge < -0.3 is 15.2 Å². The molecule has 1 aliphatic heterocycles. The monoisotopic (exact) mass is 309 g/mol. The summed E-state index contributed by atoms with van der Waals surface area (Å²) in [5, 5.41) is 0. The first-order chi connectivity index (χ1) is 9.87. The molecule has 0 amide bonds. The number of nitrogens with zero attached hydrogens (tertiary/aromatic N) is 4. The largest absolute Gasteiger partial charge is 0.392 e. The van der Waals surface area contributed by atoms with E-state index < -0.39 is 0 Å². The van der Waals surface area contributed by atoms with E-state index in [1.54, 1.807) is 17.0 Å². The number of piperazine rings is 1. The number of rotatable bonds is 4. The van der Waals surface area contributed by atoms with Crippen molar-refractivity contribution in [2.24, 2.45) is 5.73 Å². The predicted octanol–water partition coefficient (Wildman–Crippen LogP) is 0.450. The van der Waals surface area contributed by atoms with Crippen molar-refractivity contribution in [3.8, 4) is 0 Å². The Kier molecular flexibility index (Phi) is 4.63. The van der Waals surface area contributed by atoms with Crippen molar-refractivity contribution < 1.29 is 0 Å². The molecule has 0 saturated carbocycles. The zero-order valence-corrected chi connectivity index (χ0v) is 13.7. The van der Waals surface area contributed by atoms with Crippen LogP contribution in [0.2, 0.25) is 0 Å².